The summed E-state index contributed by atoms with van der Waals surface area (Å²) in [5, 5.41) is 3.35. The normalized spacial score (nSPS) is 17.4. The van der Waals surface area contributed by atoms with E-state index in [2.05, 4.69) is 27.4 Å². The van der Waals surface area contributed by atoms with Gasteiger partial charge in [-0.05, 0) is 43.7 Å². The van der Waals surface area contributed by atoms with Crippen molar-refractivity contribution < 1.29 is 4.79 Å². The van der Waals surface area contributed by atoms with Crippen LogP contribution in [0.4, 0.5) is 0 Å². The molecule has 2 atom stereocenters. The van der Waals surface area contributed by atoms with E-state index in [0.29, 0.717) is 5.16 Å². The van der Waals surface area contributed by atoms with Crippen molar-refractivity contribution in [3.8, 4) is 0 Å². The predicted octanol–water partition coefficient (Wildman–Crippen LogP) is 3.40. The van der Waals surface area contributed by atoms with Crippen molar-refractivity contribution >= 4 is 17.7 Å². The number of nitrogens with one attached hydrogen (secondary N) is 2. The number of hydrogen-bond donors (Lipinski definition) is 2. The van der Waals surface area contributed by atoms with Gasteiger partial charge in [0.1, 0.15) is 0 Å². The molecular formula is C20H25N3O2S. The summed E-state index contributed by atoms with van der Waals surface area (Å²) in [4.78, 5) is 31.6. The number of H-pyrrole nitrogens is 1. The van der Waals surface area contributed by atoms with Crippen LogP contribution in [-0.2, 0) is 17.6 Å². The van der Waals surface area contributed by atoms with Crippen LogP contribution in [0.25, 0.3) is 0 Å². The molecule has 3 rings (SSSR count). The molecule has 0 unspecified atom stereocenters. The molecule has 1 aliphatic carbocycles. The quantitative estimate of drug-likeness (QED) is 0.603. The fraction of sp³-hybridized carbons (Fsp3) is 0.450. The smallest absolute Gasteiger partial charge is 0.251 e. The van der Waals surface area contributed by atoms with Crippen molar-refractivity contribution in [2.24, 2.45) is 0 Å². The number of amides is 1. The van der Waals surface area contributed by atoms with Gasteiger partial charge in [-0.15, -0.1) is 0 Å². The minimum atomic E-state index is -0.330. The van der Waals surface area contributed by atoms with Crippen LogP contribution in [-0.4, -0.2) is 21.1 Å². The second-order valence-corrected chi connectivity index (χ2v) is 8.03. The number of aromatic nitrogens is 2. The van der Waals surface area contributed by atoms with Crippen LogP contribution in [0, 0.1) is 0 Å². The van der Waals surface area contributed by atoms with Crippen molar-refractivity contribution in [2.75, 3.05) is 0 Å². The molecule has 1 aromatic carbocycles. The highest BCUT2D eigenvalue weighted by Gasteiger charge is 2.24. The fourth-order valence-electron chi connectivity index (χ4n) is 3.34. The van der Waals surface area contributed by atoms with Gasteiger partial charge in [0, 0.05) is 11.8 Å². The van der Waals surface area contributed by atoms with Gasteiger partial charge in [0.25, 0.3) is 5.56 Å². The molecule has 26 heavy (non-hydrogen) atoms. The molecule has 0 saturated carbocycles. The molecule has 2 aromatic rings. The average Bonchev–Trinajstić information content (AvgIpc) is 2.61. The van der Waals surface area contributed by atoms with Crippen LogP contribution in [0.5, 0.6) is 0 Å². The van der Waals surface area contributed by atoms with Gasteiger partial charge in [-0.25, -0.2) is 4.98 Å². The number of aromatic amines is 1. The second kappa shape index (κ2) is 8.54. The van der Waals surface area contributed by atoms with Crippen molar-refractivity contribution in [3.05, 3.63) is 57.5 Å². The lowest BCUT2D eigenvalue weighted by Crippen LogP contribution is -2.36. The average molecular weight is 372 g/mol. The topological polar surface area (TPSA) is 74.8 Å². The summed E-state index contributed by atoms with van der Waals surface area (Å²) in [6.07, 6.45) is 4.80. The third-order valence-corrected chi connectivity index (χ3v) is 5.61. The van der Waals surface area contributed by atoms with Crippen LogP contribution in [0.3, 0.4) is 0 Å². The Morgan fingerprint density at radius 2 is 2.23 bits per heavy atom. The molecule has 2 N–H and O–H groups in total. The Hall–Kier alpha value is -2.08. The molecule has 0 aliphatic heterocycles. The molecule has 5 nitrogen and oxygen atoms in total. The zero-order valence-electron chi connectivity index (χ0n) is 15.2. The first-order chi connectivity index (χ1) is 12.6. The maximum absolute atomic E-state index is 12.7. The maximum atomic E-state index is 12.7. The number of fused-ring (bicyclic) bond motifs is 1. The van der Waals surface area contributed by atoms with Gasteiger partial charge in [-0.1, -0.05) is 49.4 Å². The zero-order chi connectivity index (χ0) is 18.5. The number of nitrogens with zero attached hydrogens (tertiary/aromatic N) is 1. The SMILES string of the molecule is CCCc1cc(=O)[nH]c(S[C@H](C)C(=O)N[C@@H]2CCCc3ccccc32)n1. The lowest BCUT2D eigenvalue weighted by Gasteiger charge is -2.27. The van der Waals surface area contributed by atoms with E-state index < -0.39 is 0 Å². The van der Waals surface area contributed by atoms with Gasteiger partial charge in [-0.3, -0.25) is 9.59 Å². The highest BCUT2D eigenvalue weighted by Crippen LogP contribution is 2.30. The van der Waals surface area contributed by atoms with E-state index in [-0.39, 0.29) is 22.8 Å². The van der Waals surface area contributed by atoms with Gasteiger partial charge in [0.15, 0.2) is 5.16 Å². The van der Waals surface area contributed by atoms with Gasteiger partial charge in [-0.2, -0.15) is 0 Å². The zero-order valence-corrected chi connectivity index (χ0v) is 16.1. The summed E-state index contributed by atoms with van der Waals surface area (Å²) in [5.74, 6) is -0.0275. The molecule has 1 amide bonds. The summed E-state index contributed by atoms with van der Waals surface area (Å²) in [6, 6.07) is 9.90. The molecule has 0 fully saturated rings. The summed E-state index contributed by atoms with van der Waals surface area (Å²) in [5.41, 5.74) is 3.15. The molecule has 138 valence electrons. The van der Waals surface area contributed by atoms with Gasteiger partial charge >= 0.3 is 0 Å². The third kappa shape index (κ3) is 4.55. The Morgan fingerprint density at radius 1 is 1.42 bits per heavy atom. The first-order valence-electron chi connectivity index (χ1n) is 9.22. The summed E-state index contributed by atoms with van der Waals surface area (Å²) >= 11 is 1.30. The standard InChI is InChI=1S/C20H25N3O2S/c1-3-7-15-12-18(24)23-20(21-15)26-13(2)19(25)22-17-11-6-9-14-8-4-5-10-16(14)17/h4-5,8,10,12-13,17H,3,6-7,9,11H2,1-2H3,(H,22,25)(H,21,23,24)/t13-,17-/m1/s1. The maximum Gasteiger partial charge on any atom is 0.251 e. The number of aryl methyl sites for hydroxylation is 2. The van der Waals surface area contributed by atoms with E-state index in [9.17, 15) is 9.59 Å². The molecule has 6 heteroatoms. The lowest BCUT2D eigenvalue weighted by molar-refractivity contribution is -0.121. The Kier molecular flexibility index (Phi) is 6.14. The molecule has 0 radical (unpaired) electrons. The number of rotatable bonds is 6. The summed E-state index contributed by atoms with van der Waals surface area (Å²) < 4.78 is 0. The van der Waals surface area contributed by atoms with Crippen LogP contribution in [0.15, 0.2) is 40.3 Å². The Labute approximate surface area is 158 Å². The van der Waals surface area contributed by atoms with E-state index in [1.54, 1.807) is 0 Å². The summed E-state index contributed by atoms with van der Waals surface area (Å²) in [6.45, 7) is 3.90. The first kappa shape index (κ1) is 18.7. The largest absolute Gasteiger partial charge is 0.348 e. The minimum absolute atomic E-state index is 0.0275. The number of carbonyl (C=O) groups excluding carboxylic acids is 1. The van der Waals surface area contributed by atoms with Crippen LogP contribution < -0.4 is 10.9 Å². The van der Waals surface area contributed by atoms with E-state index in [1.807, 2.05) is 26.0 Å². The molecule has 0 spiro atoms. The highest BCUT2D eigenvalue weighted by atomic mass is 32.2. The third-order valence-electron chi connectivity index (χ3n) is 4.62. The van der Waals surface area contributed by atoms with Crippen LogP contribution in [0.1, 0.15) is 56.0 Å². The van der Waals surface area contributed by atoms with Crippen LogP contribution >= 0.6 is 11.8 Å². The molecule has 1 aliphatic rings. The highest BCUT2D eigenvalue weighted by molar-refractivity contribution is 8.00. The van der Waals surface area contributed by atoms with Crippen molar-refractivity contribution in [3.63, 3.8) is 0 Å². The molecule has 1 heterocycles. The molecular weight excluding hydrogens is 346 g/mol. The molecule has 1 aromatic heterocycles. The van der Waals surface area contributed by atoms with E-state index in [0.717, 1.165) is 37.8 Å². The van der Waals surface area contributed by atoms with Gasteiger partial charge in [0.2, 0.25) is 5.91 Å². The monoisotopic (exact) mass is 371 g/mol. The second-order valence-electron chi connectivity index (χ2n) is 6.70. The van der Waals surface area contributed by atoms with E-state index >= 15 is 0 Å². The first-order valence-corrected chi connectivity index (χ1v) is 10.1. The number of benzene rings is 1. The van der Waals surface area contributed by atoms with Gasteiger partial charge < -0.3 is 10.3 Å². The number of hydrogen-bond acceptors (Lipinski definition) is 4. The minimum Gasteiger partial charge on any atom is -0.348 e. The van der Waals surface area contributed by atoms with E-state index in [4.69, 9.17) is 0 Å². The van der Waals surface area contributed by atoms with Crippen LogP contribution in [0.2, 0.25) is 0 Å². The predicted molar refractivity (Wildman–Crippen MR) is 104 cm³/mol. The number of carbonyl (C=O) groups is 1. The lowest BCUT2D eigenvalue weighted by atomic mass is 9.88. The van der Waals surface area contributed by atoms with Crippen molar-refractivity contribution in [1.29, 1.82) is 0 Å². The Morgan fingerprint density at radius 3 is 3.04 bits per heavy atom. The summed E-state index contributed by atoms with van der Waals surface area (Å²) in [7, 11) is 0. The number of thioether (sulfide) groups is 1. The Bertz CT molecular complexity index is 834. The van der Waals surface area contributed by atoms with Gasteiger partial charge in [0.05, 0.1) is 11.3 Å². The molecule has 0 saturated heterocycles. The fourth-order valence-corrected chi connectivity index (χ4v) is 4.18. The van der Waals surface area contributed by atoms with E-state index in [1.165, 1.54) is 29.0 Å². The molecule has 0 bridgehead atoms. The Balaban J connectivity index is 1.67. The van der Waals surface area contributed by atoms with Crippen molar-refractivity contribution in [2.45, 2.75) is 62.4 Å². The van der Waals surface area contributed by atoms with Crippen molar-refractivity contribution in [1.82, 2.24) is 15.3 Å².